The summed E-state index contributed by atoms with van der Waals surface area (Å²) in [5.41, 5.74) is 6.08. The number of amides is 2. The fraction of sp³-hybridized carbons (Fsp3) is 0.500. The molecule has 0 unspecified atom stereocenters. The number of aromatic nitrogens is 1. The monoisotopic (exact) mass is 256 g/mol. The van der Waals surface area contributed by atoms with Gasteiger partial charge in [0, 0.05) is 13.6 Å². The minimum Gasteiger partial charge on any atom is -0.375 e. The summed E-state index contributed by atoms with van der Waals surface area (Å²) in [6.45, 7) is 4.18. The van der Waals surface area contributed by atoms with E-state index in [0.29, 0.717) is 22.2 Å². The lowest BCUT2D eigenvalue weighted by molar-refractivity contribution is -0.128. The molecule has 6 nitrogen and oxygen atoms in total. The number of rotatable bonds is 4. The molecule has 0 saturated heterocycles. The number of nitrogens with two attached hydrogens (primary N) is 1. The summed E-state index contributed by atoms with van der Waals surface area (Å²) in [5, 5.41) is 2.90. The molecule has 2 amide bonds. The first kappa shape index (κ1) is 13.4. The molecular formula is C10H16N4O2S. The number of thiazole rings is 1. The van der Waals surface area contributed by atoms with E-state index in [1.165, 1.54) is 4.90 Å². The number of nitrogen functional groups attached to an aromatic ring is 1. The van der Waals surface area contributed by atoms with Gasteiger partial charge in [0.25, 0.3) is 5.91 Å². The van der Waals surface area contributed by atoms with Crippen molar-refractivity contribution < 1.29 is 9.59 Å². The highest BCUT2D eigenvalue weighted by Crippen LogP contribution is 2.19. The lowest BCUT2D eigenvalue weighted by Crippen LogP contribution is -2.37. The minimum absolute atomic E-state index is 0.0135. The highest BCUT2D eigenvalue weighted by molar-refractivity contribution is 7.17. The summed E-state index contributed by atoms with van der Waals surface area (Å²) in [6, 6.07) is 0. The first-order valence-electron chi connectivity index (χ1n) is 5.20. The molecule has 1 rings (SSSR count). The molecule has 0 radical (unpaired) electrons. The first-order valence-corrected chi connectivity index (χ1v) is 6.02. The number of anilines is 1. The predicted molar refractivity (Wildman–Crippen MR) is 66.9 cm³/mol. The van der Waals surface area contributed by atoms with E-state index in [-0.39, 0.29) is 18.4 Å². The second-order valence-electron chi connectivity index (χ2n) is 3.56. The van der Waals surface area contributed by atoms with Crippen LogP contribution >= 0.6 is 11.3 Å². The van der Waals surface area contributed by atoms with Gasteiger partial charge in [0.1, 0.15) is 4.88 Å². The van der Waals surface area contributed by atoms with Crippen LogP contribution in [0.1, 0.15) is 22.3 Å². The summed E-state index contributed by atoms with van der Waals surface area (Å²) in [6.07, 6.45) is 0. The van der Waals surface area contributed by atoms with Crippen molar-refractivity contribution in [2.24, 2.45) is 0 Å². The Morgan fingerprint density at radius 1 is 1.53 bits per heavy atom. The lowest BCUT2D eigenvalue weighted by Gasteiger charge is -2.14. The Morgan fingerprint density at radius 2 is 2.18 bits per heavy atom. The second kappa shape index (κ2) is 5.62. The molecule has 17 heavy (non-hydrogen) atoms. The molecule has 0 fully saturated rings. The fourth-order valence-corrected chi connectivity index (χ4v) is 1.93. The smallest absolute Gasteiger partial charge is 0.263 e. The van der Waals surface area contributed by atoms with E-state index in [4.69, 9.17) is 5.73 Å². The van der Waals surface area contributed by atoms with E-state index in [1.54, 1.807) is 14.0 Å². The normalized spacial score (nSPS) is 10.1. The third-order valence-corrected chi connectivity index (χ3v) is 3.30. The lowest BCUT2D eigenvalue weighted by atomic mass is 10.3. The van der Waals surface area contributed by atoms with Crippen molar-refractivity contribution in [3.05, 3.63) is 10.6 Å². The summed E-state index contributed by atoms with van der Waals surface area (Å²) in [7, 11) is 1.68. The summed E-state index contributed by atoms with van der Waals surface area (Å²) < 4.78 is 0. The van der Waals surface area contributed by atoms with Crippen LogP contribution in [-0.4, -0.2) is 41.8 Å². The van der Waals surface area contributed by atoms with Crippen LogP contribution in [0.3, 0.4) is 0 Å². The van der Waals surface area contributed by atoms with E-state index in [9.17, 15) is 9.59 Å². The average Bonchev–Trinajstić information content (AvgIpc) is 2.63. The Labute approximate surface area is 104 Å². The minimum atomic E-state index is -0.311. The van der Waals surface area contributed by atoms with Gasteiger partial charge in [0.2, 0.25) is 5.91 Å². The van der Waals surface area contributed by atoms with Gasteiger partial charge in [-0.2, -0.15) is 0 Å². The molecule has 94 valence electrons. The summed E-state index contributed by atoms with van der Waals surface area (Å²) in [4.78, 5) is 29.1. The van der Waals surface area contributed by atoms with Crippen LogP contribution in [0.2, 0.25) is 0 Å². The molecule has 0 aliphatic carbocycles. The fourth-order valence-electron chi connectivity index (χ4n) is 1.18. The van der Waals surface area contributed by atoms with Crippen molar-refractivity contribution in [1.82, 2.24) is 15.2 Å². The van der Waals surface area contributed by atoms with Crippen LogP contribution in [0.25, 0.3) is 0 Å². The largest absolute Gasteiger partial charge is 0.375 e. The number of hydrogen-bond acceptors (Lipinski definition) is 5. The van der Waals surface area contributed by atoms with Crippen molar-refractivity contribution >= 4 is 28.3 Å². The molecule has 0 spiro atoms. The van der Waals surface area contributed by atoms with Crippen LogP contribution in [0.4, 0.5) is 5.13 Å². The van der Waals surface area contributed by atoms with Crippen LogP contribution < -0.4 is 11.1 Å². The number of carbonyl (C=O) groups excluding carboxylic acids is 2. The second-order valence-corrected chi connectivity index (χ2v) is 4.59. The number of likely N-dealkylation sites (N-methyl/N-ethyl adjacent to an activating group) is 1. The zero-order chi connectivity index (χ0) is 13.0. The standard InChI is InChI=1S/C10H16N4O2S/c1-4-14(3)7(15)5-12-9(16)8-6(2)13-10(11)17-8/h4-5H2,1-3H3,(H2,11,13)(H,12,16). The maximum atomic E-state index is 11.7. The van der Waals surface area contributed by atoms with Gasteiger partial charge in [-0.25, -0.2) is 4.98 Å². The van der Waals surface area contributed by atoms with Gasteiger partial charge in [-0.15, -0.1) is 0 Å². The Balaban J connectivity index is 2.56. The van der Waals surface area contributed by atoms with E-state index < -0.39 is 0 Å². The van der Waals surface area contributed by atoms with Gasteiger partial charge in [-0.3, -0.25) is 9.59 Å². The van der Waals surface area contributed by atoms with E-state index in [1.807, 2.05) is 6.92 Å². The highest BCUT2D eigenvalue weighted by atomic mass is 32.1. The van der Waals surface area contributed by atoms with Gasteiger partial charge < -0.3 is 16.0 Å². The Bertz CT molecular complexity index is 430. The molecular weight excluding hydrogens is 240 g/mol. The molecule has 0 aliphatic rings. The van der Waals surface area contributed by atoms with Gasteiger partial charge in [0.15, 0.2) is 5.13 Å². The van der Waals surface area contributed by atoms with Crippen LogP contribution in [0.15, 0.2) is 0 Å². The highest BCUT2D eigenvalue weighted by Gasteiger charge is 2.15. The van der Waals surface area contributed by atoms with Crippen molar-refractivity contribution in [2.45, 2.75) is 13.8 Å². The number of aryl methyl sites for hydroxylation is 1. The SMILES string of the molecule is CCN(C)C(=O)CNC(=O)c1sc(N)nc1C. The predicted octanol–water partition coefficient (Wildman–Crippen LogP) is 0.242. The zero-order valence-corrected chi connectivity index (χ0v) is 10.9. The van der Waals surface area contributed by atoms with Crippen LogP contribution in [0, 0.1) is 6.92 Å². The molecule has 0 atom stereocenters. The van der Waals surface area contributed by atoms with E-state index in [2.05, 4.69) is 10.3 Å². The van der Waals surface area contributed by atoms with Crippen molar-refractivity contribution in [1.29, 1.82) is 0 Å². The molecule has 0 saturated carbocycles. The Kier molecular flexibility index (Phi) is 4.45. The molecule has 1 aromatic rings. The van der Waals surface area contributed by atoms with Crippen LogP contribution in [0.5, 0.6) is 0 Å². The Morgan fingerprint density at radius 3 is 2.65 bits per heavy atom. The third kappa shape index (κ3) is 3.42. The average molecular weight is 256 g/mol. The molecule has 1 aromatic heterocycles. The van der Waals surface area contributed by atoms with Crippen molar-refractivity contribution in [3.8, 4) is 0 Å². The van der Waals surface area contributed by atoms with Crippen molar-refractivity contribution in [3.63, 3.8) is 0 Å². The van der Waals surface area contributed by atoms with Gasteiger partial charge in [-0.05, 0) is 13.8 Å². The number of hydrogen-bond donors (Lipinski definition) is 2. The molecule has 0 bridgehead atoms. The maximum absolute atomic E-state index is 11.7. The van der Waals surface area contributed by atoms with Gasteiger partial charge in [-0.1, -0.05) is 11.3 Å². The zero-order valence-electron chi connectivity index (χ0n) is 10.1. The molecule has 0 aliphatic heterocycles. The van der Waals surface area contributed by atoms with Gasteiger partial charge >= 0.3 is 0 Å². The summed E-state index contributed by atoms with van der Waals surface area (Å²) in [5.74, 6) is -0.439. The number of nitrogens with one attached hydrogen (secondary N) is 1. The van der Waals surface area contributed by atoms with E-state index >= 15 is 0 Å². The quantitative estimate of drug-likeness (QED) is 0.807. The number of nitrogens with zero attached hydrogens (tertiary/aromatic N) is 2. The molecule has 7 heteroatoms. The van der Waals surface area contributed by atoms with Crippen molar-refractivity contribution in [2.75, 3.05) is 25.9 Å². The van der Waals surface area contributed by atoms with Gasteiger partial charge in [0.05, 0.1) is 12.2 Å². The molecule has 3 N–H and O–H groups in total. The molecule has 0 aromatic carbocycles. The third-order valence-electron chi connectivity index (χ3n) is 2.32. The topological polar surface area (TPSA) is 88.3 Å². The Hall–Kier alpha value is -1.63. The molecule has 1 heterocycles. The maximum Gasteiger partial charge on any atom is 0.263 e. The number of carbonyl (C=O) groups is 2. The summed E-state index contributed by atoms with van der Waals surface area (Å²) >= 11 is 1.12. The van der Waals surface area contributed by atoms with Crippen LogP contribution in [-0.2, 0) is 4.79 Å². The van der Waals surface area contributed by atoms with E-state index in [0.717, 1.165) is 11.3 Å². The first-order chi connectivity index (χ1) is 7.95.